The first kappa shape index (κ1) is 15.0. The summed E-state index contributed by atoms with van der Waals surface area (Å²) in [5, 5.41) is -0.142. The molecule has 0 bridgehead atoms. The number of hydrogen-bond acceptors (Lipinski definition) is 3. The van der Waals surface area contributed by atoms with Gasteiger partial charge in [-0.1, -0.05) is 30.3 Å². The van der Waals surface area contributed by atoms with Gasteiger partial charge < -0.3 is 4.74 Å². The molecule has 2 atom stereocenters. The molecule has 0 radical (unpaired) electrons. The molecule has 0 unspecified atom stereocenters. The average Bonchev–Trinajstić information content (AvgIpc) is 3.26. The fourth-order valence-corrected chi connectivity index (χ4v) is 5.23. The van der Waals surface area contributed by atoms with Crippen molar-refractivity contribution in [1.29, 1.82) is 0 Å². The molecule has 1 saturated heterocycles. The Labute approximate surface area is 127 Å². The van der Waals surface area contributed by atoms with Gasteiger partial charge in [-0.15, -0.1) is 0 Å². The molecule has 0 amide bonds. The summed E-state index contributed by atoms with van der Waals surface area (Å²) in [7, 11) is -3.13. The van der Waals surface area contributed by atoms with Gasteiger partial charge in [-0.3, -0.25) is 0 Å². The van der Waals surface area contributed by atoms with Gasteiger partial charge in [-0.2, -0.15) is 4.31 Å². The van der Waals surface area contributed by atoms with Crippen LogP contribution < -0.4 is 0 Å². The summed E-state index contributed by atoms with van der Waals surface area (Å²) in [6, 6.07) is 10.0. The van der Waals surface area contributed by atoms with Crippen LogP contribution in [0.3, 0.4) is 0 Å². The first-order valence-electron chi connectivity index (χ1n) is 7.79. The van der Waals surface area contributed by atoms with E-state index >= 15 is 0 Å². The molecule has 0 N–H and O–H groups in total. The largest absolute Gasteiger partial charge is 0.377 e. The van der Waals surface area contributed by atoms with Crippen LogP contribution in [0, 0.1) is 0 Å². The van der Waals surface area contributed by atoms with Crippen LogP contribution in [-0.4, -0.2) is 43.3 Å². The van der Waals surface area contributed by atoms with Gasteiger partial charge >= 0.3 is 0 Å². The van der Waals surface area contributed by atoms with E-state index in [1.54, 1.807) is 4.31 Å². The van der Waals surface area contributed by atoms with E-state index in [-0.39, 0.29) is 17.4 Å². The fraction of sp³-hybridized carbons (Fsp3) is 0.625. The lowest BCUT2D eigenvalue weighted by molar-refractivity contribution is 0.0457. The van der Waals surface area contributed by atoms with Crippen LogP contribution in [-0.2, 0) is 21.2 Å². The third-order valence-electron chi connectivity index (χ3n) is 4.37. The molecule has 21 heavy (non-hydrogen) atoms. The van der Waals surface area contributed by atoms with Gasteiger partial charge in [-0.05, 0) is 38.2 Å². The van der Waals surface area contributed by atoms with Gasteiger partial charge in [0.15, 0.2) is 0 Å². The van der Waals surface area contributed by atoms with Crippen molar-refractivity contribution >= 4 is 10.0 Å². The predicted octanol–water partition coefficient (Wildman–Crippen LogP) is 2.20. The molecule has 0 aromatic heterocycles. The summed E-state index contributed by atoms with van der Waals surface area (Å²) >= 11 is 0. The Morgan fingerprint density at radius 1 is 1.19 bits per heavy atom. The molecule has 4 nitrogen and oxygen atoms in total. The van der Waals surface area contributed by atoms with Crippen LogP contribution in [0.4, 0.5) is 0 Å². The van der Waals surface area contributed by atoms with E-state index in [4.69, 9.17) is 4.74 Å². The summed E-state index contributed by atoms with van der Waals surface area (Å²) < 4.78 is 32.8. The van der Waals surface area contributed by atoms with Crippen molar-refractivity contribution in [1.82, 2.24) is 4.31 Å². The Morgan fingerprint density at radius 2 is 1.90 bits per heavy atom. The zero-order valence-electron chi connectivity index (χ0n) is 12.4. The highest BCUT2D eigenvalue weighted by Gasteiger charge is 2.47. The smallest absolute Gasteiger partial charge is 0.217 e. The van der Waals surface area contributed by atoms with Crippen LogP contribution in [0.2, 0.25) is 0 Å². The van der Waals surface area contributed by atoms with E-state index in [2.05, 4.69) is 12.1 Å². The van der Waals surface area contributed by atoms with Crippen molar-refractivity contribution in [2.45, 2.75) is 50.0 Å². The summed E-state index contributed by atoms with van der Waals surface area (Å²) in [6.45, 7) is 3.20. The molecule has 3 rings (SSSR count). The van der Waals surface area contributed by atoms with Crippen molar-refractivity contribution < 1.29 is 13.2 Å². The summed E-state index contributed by atoms with van der Waals surface area (Å²) in [5.41, 5.74) is 1.17. The number of rotatable bonds is 6. The second kappa shape index (κ2) is 6.07. The Kier molecular flexibility index (Phi) is 4.33. The van der Waals surface area contributed by atoms with Crippen molar-refractivity contribution in [2.75, 3.05) is 13.2 Å². The molecule has 0 spiro atoms. The van der Waals surface area contributed by atoms with Crippen molar-refractivity contribution in [2.24, 2.45) is 0 Å². The second-order valence-electron chi connectivity index (χ2n) is 5.89. The Morgan fingerprint density at radius 3 is 2.52 bits per heavy atom. The second-order valence-corrected chi connectivity index (χ2v) is 8.06. The van der Waals surface area contributed by atoms with Crippen molar-refractivity contribution in [3.63, 3.8) is 0 Å². The summed E-state index contributed by atoms with van der Waals surface area (Å²) in [5.74, 6) is 0. The molecular weight excluding hydrogens is 286 g/mol. The van der Waals surface area contributed by atoms with Crippen molar-refractivity contribution in [3.8, 4) is 0 Å². The van der Waals surface area contributed by atoms with Crippen LogP contribution in [0.5, 0.6) is 0 Å². The highest BCUT2D eigenvalue weighted by atomic mass is 32.2. The third kappa shape index (κ3) is 3.15. The molecule has 1 aromatic carbocycles. The summed E-state index contributed by atoms with van der Waals surface area (Å²) in [6.07, 6.45) is 3.19. The highest BCUT2D eigenvalue weighted by molar-refractivity contribution is 7.90. The Bertz CT molecular complexity index is 568. The van der Waals surface area contributed by atoms with Crippen LogP contribution >= 0.6 is 0 Å². The lowest BCUT2D eigenvalue weighted by Gasteiger charge is -2.27. The molecule has 116 valence electrons. The minimum absolute atomic E-state index is 0.0173. The van der Waals surface area contributed by atoms with E-state index in [1.165, 1.54) is 5.56 Å². The molecular formula is C16H23NO3S. The number of sulfonamides is 1. The first-order chi connectivity index (χ1) is 10.1. The normalized spacial score (nSPS) is 27.1. The lowest BCUT2D eigenvalue weighted by Crippen LogP contribution is -2.43. The number of hydrogen-bond donors (Lipinski definition) is 0. The zero-order valence-corrected chi connectivity index (χ0v) is 13.3. The molecule has 2 fully saturated rings. The van der Waals surface area contributed by atoms with Gasteiger partial charge in [0, 0.05) is 13.2 Å². The van der Waals surface area contributed by atoms with Crippen LogP contribution in [0.25, 0.3) is 0 Å². The van der Waals surface area contributed by atoms with Gasteiger partial charge in [0.2, 0.25) is 10.0 Å². The minimum atomic E-state index is -3.13. The van der Waals surface area contributed by atoms with Crippen molar-refractivity contribution in [3.05, 3.63) is 35.9 Å². The lowest BCUT2D eigenvalue weighted by atomic mass is 10.0. The van der Waals surface area contributed by atoms with E-state index in [9.17, 15) is 8.42 Å². The maximum atomic E-state index is 12.6. The standard InChI is InChI=1S/C16H23NO3S/c1-2-20-16-10-11-17(21(18,19)14-8-9-14)15(16)12-13-6-4-3-5-7-13/h3-7,14-16H,2,8-12H2,1H3/t15-,16-/m0/s1. The predicted molar refractivity (Wildman–Crippen MR) is 82.6 cm³/mol. The third-order valence-corrected chi connectivity index (χ3v) is 6.79. The number of nitrogens with zero attached hydrogens (tertiary/aromatic N) is 1. The average molecular weight is 309 g/mol. The van der Waals surface area contributed by atoms with Gasteiger partial charge in [0.1, 0.15) is 0 Å². The monoisotopic (exact) mass is 309 g/mol. The SMILES string of the molecule is CCO[C@H]1CCN(S(=O)(=O)C2CC2)[C@H]1Cc1ccccc1. The van der Waals surface area contributed by atoms with Crippen LogP contribution in [0.15, 0.2) is 30.3 Å². The number of ether oxygens (including phenoxy) is 1. The van der Waals surface area contributed by atoms with Gasteiger partial charge in [0.05, 0.1) is 17.4 Å². The summed E-state index contributed by atoms with van der Waals surface area (Å²) in [4.78, 5) is 0. The fourth-order valence-electron chi connectivity index (χ4n) is 3.17. The topological polar surface area (TPSA) is 46.6 Å². The highest BCUT2D eigenvalue weighted by Crippen LogP contribution is 2.36. The Hall–Kier alpha value is -0.910. The molecule has 1 aliphatic carbocycles. The molecule has 1 aliphatic heterocycles. The molecule has 5 heteroatoms. The van der Waals surface area contributed by atoms with E-state index in [1.807, 2.05) is 25.1 Å². The van der Waals surface area contributed by atoms with Gasteiger partial charge in [0.25, 0.3) is 0 Å². The van der Waals surface area contributed by atoms with E-state index in [0.29, 0.717) is 13.2 Å². The first-order valence-corrected chi connectivity index (χ1v) is 9.29. The number of benzene rings is 1. The maximum absolute atomic E-state index is 12.6. The quantitative estimate of drug-likeness (QED) is 0.809. The van der Waals surface area contributed by atoms with Gasteiger partial charge in [-0.25, -0.2) is 8.42 Å². The molecule has 2 aliphatic rings. The maximum Gasteiger partial charge on any atom is 0.217 e. The molecule has 1 saturated carbocycles. The molecule has 1 heterocycles. The van der Waals surface area contributed by atoms with Crippen LogP contribution in [0.1, 0.15) is 31.7 Å². The van der Waals surface area contributed by atoms with E-state index < -0.39 is 10.0 Å². The molecule has 1 aromatic rings. The zero-order chi connectivity index (χ0) is 14.9. The minimum Gasteiger partial charge on any atom is -0.377 e. The Balaban J connectivity index is 1.82. The van der Waals surface area contributed by atoms with E-state index in [0.717, 1.165) is 25.7 Å².